The Hall–Kier alpha value is -3.26. The number of fused-ring (bicyclic) bond motifs is 1. The van der Waals surface area contributed by atoms with E-state index >= 15 is 0 Å². The molecule has 8 heteroatoms. The highest BCUT2D eigenvalue weighted by Crippen LogP contribution is 2.32. The lowest BCUT2D eigenvalue weighted by atomic mass is 10.1. The van der Waals surface area contributed by atoms with Gasteiger partial charge in [0.2, 0.25) is 0 Å². The summed E-state index contributed by atoms with van der Waals surface area (Å²) in [5, 5.41) is 8.55. The summed E-state index contributed by atoms with van der Waals surface area (Å²) < 4.78 is 16.0. The second kappa shape index (κ2) is 8.11. The first-order valence-corrected chi connectivity index (χ1v) is 11.1. The van der Waals surface area contributed by atoms with Crippen LogP contribution in [0.25, 0.3) is 15.9 Å². The molecule has 2 aromatic carbocycles. The van der Waals surface area contributed by atoms with Crippen molar-refractivity contribution < 1.29 is 9.18 Å². The fourth-order valence-electron chi connectivity index (χ4n) is 4.30. The van der Waals surface area contributed by atoms with E-state index in [9.17, 15) is 9.18 Å². The summed E-state index contributed by atoms with van der Waals surface area (Å²) in [5.41, 5.74) is 2.16. The summed E-state index contributed by atoms with van der Waals surface area (Å²) in [6.07, 6.45) is 6.44. The van der Waals surface area contributed by atoms with Gasteiger partial charge in [0.25, 0.3) is 5.91 Å². The maximum Gasteiger partial charge on any atom is 0.256 e. The van der Waals surface area contributed by atoms with Crippen LogP contribution in [0.2, 0.25) is 0 Å². The largest absolute Gasteiger partial charge is 0.357 e. The van der Waals surface area contributed by atoms with E-state index in [1.807, 2.05) is 48.5 Å². The summed E-state index contributed by atoms with van der Waals surface area (Å²) in [5.74, 6) is -0.293. The van der Waals surface area contributed by atoms with E-state index in [1.165, 1.54) is 23.5 Å². The molecule has 2 heterocycles. The Morgan fingerprint density at radius 3 is 2.94 bits per heavy atom. The number of likely N-dealkylation sites (N-methyl/N-ethyl adjacent to an activating group) is 1. The zero-order chi connectivity index (χ0) is 21.4. The lowest BCUT2D eigenvalue weighted by Crippen LogP contribution is -2.44. The average molecular weight is 436 g/mol. The van der Waals surface area contributed by atoms with E-state index in [0.717, 1.165) is 40.3 Å². The lowest BCUT2D eigenvalue weighted by Gasteiger charge is -2.30. The predicted molar refractivity (Wildman–Crippen MR) is 120 cm³/mol. The normalized spacial score (nSPS) is 18.4. The number of thiazole rings is 1. The third-order valence-electron chi connectivity index (χ3n) is 5.84. The van der Waals surface area contributed by atoms with Crippen molar-refractivity contribution in [1.82, 2.24) is 19.7 Å². The zero-order valence-corrected chi connectivity index (χ0v) is 17.8. The molecule has 158 valence electrons. The predicted octanol–water partition coefficient (Wildman–Crippen LogP) is 4.73. The number of nitrogens with zero attached hydrogens (tertiary/aromatic N) is 4. The molecule has 31 heavy (non-hydrogen) atoms. The Kier molecular flexibility index (Phi) is 5.15. The van der Waals surface area contributed by atoms with Gasteiger partial charge in [0, 0.05) is 25.5 Å². The molecule has 0 unspecified atom stereocenters. The third-order valence-corrected chi connectivity index (χ3v) is 6.79. The zero-order valence-electron chi connectivity index (χ0n) is 17.0. The number of anilines is 1. The highest BCUT2D eigenvalue weighted by Gasteiger charge is 2.34. The lowest BCUT2D eigenvalue weighted by molar-refractivity contribution is 0.0727. The number of hydrogen-bond acceptors (Lipinski definition) is 5. The van der Waals surface area contributed by atoms with E-state index in [-0.39, 0.29) is 23.8 Å². The molecular weight excluding hydrogens is 413 g/mol. The van der Waals surface area contributed by atoms with Crippen LogP contribution in [0.15, 0.2) is 60.9 Å². The minimum absolute atomic E-state index is 0.0313. The van der Waals surface area contributed by atoms with Gasteiger partial charge in [-0.25, -0.2) is 14.1 Å². The second-order valence-electron chi connectivity index (χ2n) is 7.76. The molecule has 0 aliphatic heterocycles. The van der Waals surface area contributed by atoms with E-state index in [0.29, 0.717) is 5.56 Å². The number of benzene rings is 2. The number of para-hydroxylation sites is 1. The number of carbonyl (C=O) groups excluding carboxylic acids is 1. The molecule has 2 atom stereocenters. The summed E-state index contributed by atoms with van der Waals surface area (Å²) in [7, 11) is 1.86. The molecule has 2 aromatic heterocycles. The molecule has 1 N–H and O–H groups in total. The fraction of sp³-hybridized carbons (Fsp3) is 0.261. The third kappa shape index (κ3) is 3.79. The van der Waals surface area contributed by atoms with Gasteiger partial charge in [0.1, 0.15) is 5.82 Å². The van der Waals surface area contributed by atoms with Crippen LogP contribution in [0.3, 0.4) is 0 Å². The Labute approximate surface area is 183 Å². The molecule has 6 nitrogen and oxygen atoms in total. The molecule has 1 fully saturated rings. The van der Waals surface area contributed by atoms with Gasteiger partial charge in [-0.05, 0) is 55.7 Å². The van der Waals surface area contributed by atoms with Crippen molar-refractivity contribution >= 4 is 32.6 Å². The molecule has 4 aromatic rings. The van der Waals surface area contributed by atoms with Crippen LogP contribution in [0.4, 0.5) is 9.52 Å². The highest BCUT2D eigenvalue weighted by atomic mass is 32.1. The standard InChI is InChI=1S/C23H22FN5OS/c1-28(22(30)16-6-2-3-8-19(16)29-13-5-12-25-29)20-9-4-7-17(20)26-23-27-18-11-10-15(24)14-21(18)31-23/h2-3,5-6,8,10-14,17,20H,4,7,9H2,1H3,(H,26,27)/t17-,20-/m1/s1. The van der Waals surface area contributed by atoms with Crippen molar-refractivity contribution in [3.05, 3.63) is 72.3 Å². The van der Waals surface area contributed by atoms with Crippen molar-refractivity contribution in [2.75, 3.05) is 12.4 Å². The van der Waals surface area contributed by atoms with E-state index in [2.05, 4.69) is 15.4 Å². The molecule has 1 amide bonds. The first kappa shape index (κ1) is 19.7. The number of hydrogen-bond donors (Lipinski definition) is 1. The Balaban J connectivity index is 1.37. The molecule has 5 rings (SSSR count). The Morgan fingerprint density at radius 2 is 2.10 bits per heavy atom. The number of nitrogens with one attached hydrogen (secondary N) is 1. The van der Waals surface area contributed by atoms with E-state index < -0.39 is 0 Å². The highest BCUT2D eigenvalue weighted by molar-refractivity contribution is 7.22. The van der Waals surface area contributed by atoms with Gasteiger partial charge in [-0.3, -0.25) is 4.79 Å². The first-order valence-electron chi connectivity index (χ1n) is 10.3. The smallest absolute Gasteiger partial charge is 0.256 e. The van der Waals surface area contributed by atoms with Crippen LogP contribution in [0, 0.1) is 5.82 Å². The minimum atomic E-state index is -0.261. The van der Waals surface area contributed by atoms with Crippen molar-refractivity contribution in [2.45, 2.75) is 31.3 Å². The maximum absolute atomic E-state index is 13.5. The van der Waals surface area contributed by atoms with E-state index in [4.69, 9.17) is 0 Å². The van der Waals surface area contributed by atoms with Crippen LogP contribution in [-0.4, -0.2) is 44.7 Å². The molecule has 1 saturated carbocycles. The first-order chi connectivity index (χ1) is 15.1. The summed E-state index contributed by atoms with van der Waals surface area (Å²) in [4.78, 5) is 19.8. The van der Waals surface area contributed by atoms with Crippen molar-refractivity contribution in [3.8, 4) is 5.69 Å². The molecule has 0 saturated heterocycles. The molecule has 0 bridgehead atoms. The number of rotatable bonds is 5. The quantitative estimate of drug-likeness (QED) is 0.492. The monoisotopic (exact) mass is 435 g/mol. The SMILES string of the molecule is CN(C(=O)c1ccccc1-n1cccn1)[C@@H]1CCC[C@H]1Nc1nc2ccc(F)cc2s1. The van der Waals surface area contributed by atoms with E-state index in [1.54, 1.807) is 16.9 Å². The molecule has 0 spiro atoms. The van der Waals surface area contributed by atoms with Gasteiger partial charge >= 0.3 is 0 Å². The second-order valence-corrected chi connectivity index (χ2v) is 8.79. The van der Waals surface area contributed by atoms with Gasteiger partial charge in [-0.15, -0.1) is 0 Å². The minimum Gasteiger partial charge on any atom is -0.357 e. The van der Waals surface area contributed by atoms with Gasteiger partial charge in [0.15, 0.2) is 5.13 Å². The Bertz CT molecular complexity index is 1220. The van der Waals surface area contributed by atoms with Crippen LogP contribution in [-0.2, 0) is 0 Å². The summed E-state index contributed by atoms with van der Waals surface area (Å²) in [6.45, 7) is 0. The van der Waals surface area contributed by atoms with Crippen LogP contribution in [0.5, 0.6) is 0 Å². The topological polar surface area (TPSA) is 63.1 Å². The average Bonchev–Trinajstić information content (AvgIpc) is 3.53. The summed E-state index contributed by atoms with van der Waals surface area (Å²) in [6, 6.07) is 14.1. The summed E-state index contributed by atoms with van der Waals surface area (Å²) >= 11 is 1.44. The van der Waals surface area contributed by atoms with Crippen LogP contribution < -0.4 is 5.32 Å². The molecular formula is C23H22FN5OS. The van der Waals surface area contributed by atoms with Crippen LogP contribution >= 0.6 is 11.3 Å². The van der Waals surface area contributed by atoms with Crippen molar-refractivity contribution in [3.63, 3.8) is 0 Å². The van der Waals surface area contributed by atoms with Gasteiger partial charge in [-0.1, -0.05) is 23.5 Å². The molecule has 0 radical (unpaired) electrons. The van der Waals surface area contributed by atoms with Crippen molar-refractivity contribution in [1.29, 1.82) is 0 Å². The fourth-order valence-corrected chi connectivity index (χ4v) is 5.25. The number of carbonyl (C=O) groups is 1. The van der Waals surface area contributed by atoms with Crippen molar-refractivity contribution in [2.24, 2.45) is 0 Å². The number of halogens is 1. The van der Waals surface area contributed by atoms with Gasteiger partial charge < -0.3 is 10.2 Å². The molecule has 1 aliphatic rings. The van der Waals surface area contributed by atoms with Gasteiger partial charge in [-0.2, -0.15) is 5.10 Å². The number of aromatic nitrogens is 3. The molecule has 1 aliphatic carbocycles. The van der Waals surface area contributed by atoms with Crippen LogP contribution in [0.1, 0.15) is 29.6 Å². The Morgan fingerprint density at radius 1 is 1.23 bits per heavy atom. The maximum atomic E-state index is 13.5. The van der Waals surface area contributed by atoms with Gasteiger partial charge in [0.05, 0.1) is 27.5 Å². The number of amides is 1.